The third-order valence-electron chi connectivity index (χ3n) is 3.78. The monoisotopic (exact) mass is 380 g/mol. The minimum Gasteiger partial charge on any atom is -0.497 e. The highest BCUT2D eigenvalue weighted by Gasteiger charge is 2.30. The molecule has 0 aliphatic rings. The Bertz CT molecular complexity index is 772. The van der Waals surface area contributed by atoms with Gasteiger partial charge in [0.25, 0.3) is 5.91 Å². The maximum Gasteiger partial charge on any atom is 0.416 e. The molecule has 0 heterocycles. The zero-order valence-electron chi connectivity index (χ0n) is 14.6. The Morgan fingerprint density at radius 2 is 1.59 bits per heavy atom. The summed E-state index contributed by atoms with van der Waals surface area (Å²) in [6, 6.07) is 11.2. The number of hydrogen-bond donors (Lipinski definition) is 2. The minimum absolute atomic E-state index is 0.0500. The molecule has 0 radical (unpaired) electrons. The smallest absolute Gasteiger partial charge is 0.416 e. The Kier molecular flexibility index (Phi) is 6.81. The molecule has 0 bridgehead atoms. The average molecular weight is 380 g/mol. The van der Waals surface area contributed by atoms with Crippen LogP contribution >= 0.6 is 0 Å². The van der Waals surface area contributed by atoms with Gasteiger partial charge in [0.1, 0.15) is 5.75 Å². The number of ether oxygens (including phenoxy) is 1. The minimum atomic E-state index is -4.46. The van der Waals surface area contributed by atoms with E-state index in [4.69, 9.17) is 4.74 Å². The van der Waals surface area contributed by atoms with Gasteiger partial charge in [0.05, 0.1) is 19.2 Å². The van der Waals surface area contributed by atoms with Crippen molar-refractivity contribution in [3.8, 4) is 5.75 Å². The molecule has 2 N–H and O–H groups in total. The van der Waals surface area contributed by atoms with Crippen LogP contribution in [0.1, 0.15) is 21.5 Å². The molecule has 0 saturated heterocycles. The van der Waals surface area contributed by atoms with E-state index in [0.29, 0.717) is 13.0 Å². The predicted molar refractivity (Wildman–Crippen MR) is 93.5 cm³/mol. The van der Waals surface area contributed by atoms with E-state index in [9.17, 15) is 22.8 Å². The molecule has 0 aliphatic carbocycles. The number of nitrogens with one attached hydrogen (secondary N) is 2. The first-order valence-corrected chi connectivity index (χ1v) is 8.14. The summed E-state index contributed by atoms with van der Waals surface area (Å²) in [5, 5.41) is 5.03. The van der Waals surface area contributed by atoms with Crippen LogP contribution in [0, 0.1) is 0 Å². The Balaban J connectivity index is 1.73. The number of amides is 2. The van der Waals surface area contributed by atoms with E-state index in [0.717, 1.165) is 35.6 Å². The van der Waals surface area contributed by atoms with Crippen LogP contribution in [0.25, 0.3) is 0 Å². The van der Waals surface area contributed by atoms with Gasteiger partial charge < -0.3 is 15.4 Å². The van der Waals surface area contributed by atoms with Crippen molar-refractivity contribution in [1.82, 2.24) is 10.6 Å². The van der Waals surface area contributed by atoms with Gasteiger partial charge in [-0.1, -0.05) is 12.1 Å². The van der Waals surface area contributed by atoms with Crippen LogP contribution in [-0.4, -0.2) is 32.0 Å². The summed E-state index contributed by atoms with van der Waals surface area (Å²) in [6.07, 6.45) is -3.85. The number of rotatable bonds is 7. The lowest BCUT2D eigenvalue weighted by atomic mass is 10.1. The van der Waals surface area contributed by atoms with Gasteiger partial charge in [0, 0.05) is 12.1 Å². The summed E-state index contributed by atoms with van der Waals surface area (Å²) < 4.78 is 42.5. The van der Waals surface area contributed by atoms with E-state index in [1.54, 1.807) is 7.11 Å². The largest absolute Gasteiger partial charge is 0.497 e. The van der Waals surface area contributed by atoms with Crippen molar-refractivity contribution < 1.29 is 27.5 Å². The van der Waals surface area contributed by atoms with E-state index in [-0.39, 0.29) is 18.0 Å². The van der Waals surface area contributed by atoms with E-state index in [2.05, 4.69) is 10.6 Å². The molecule has 0 unspecified atom stereocenters. The fourth-order valence-electron chi connectivity index (χ4n) is 2.27. The van der Waals surface area contributed by atoms with Crippen LogP contribution < -0.4 is 15.4 Å². The molecular weight excluding hydrogens is 361 g/mol. The molecule has 27 heavy (non-hydrogen) atoms. The zero-order chi connectivity index (χ0) is 19.9. The molecule has 0 aromatic heterocycles. The number of methoxy groups -OCH3 is 1. The van der Waals surface area contributed by atoms with E-state index in [1.165, 1.54) is 0 Å². The van der Waals surface area contributed by atoms with Gasteiger partial charge in [-0.25, -0.2) is 0 Å². The first-order chi connectivity index (χ1) is 12.8. The lowest BCUT2D eigenvalue weighted by molar-refractivity contribution is -0.137. The van der Waals surface area contributed by atoms with Crippen LogP contribution in [-0.2, 0) is 17.4 Å². The summed E-state index contributed by atoms with van der Waals surface area (Å²) in [6.45, 7) is 0.129. The van der Waals surface area contributed by atoms with E-state index < -0.39 is 17.6 Å². The molecule has 8 heteroatoms. The van der Waals surface area contributed by atoms with Crippen molar-refractivity contribution in [2.24, 2.45) is 0 Å². The Labute approximate surface area is 154 Å². The van der Waals surface area contributed by atoms with Crippen molar-refractivity contribution in [3.63, 3.8) is 0 Å². The molecule has 0 saturated carbocycles. The van der Waals surface area contributed by atoms with Crippen molar-refractivity contribution in [1.29, 1.82) is 0 Å². The zero-order valence-corrected chi connectivity index (χ0v) is 14.6. The topological polar surface area (TPSA) is 67.4 Å². The second-order valence-electron chi connectivity index (χ2n) is 5.71. The SMILES string of the molecule is COc1ccc(CCNC(=O)CNC(=O)c2ccc(C(F)(F)F)cc2)cc1. The van der Waals surface area contributed by atoms with Gasteiger partial charge >= 0.3 is 6.18 Å². The molecule has 0 aliphatic heterocycles. The number of carbonyl (C=O) groups excluding carboxylic acids is 2. The van der Waals surface area contributed by atoms with Gasteiger partial charge in [0.2, 0.25) is 5.91 Å². The molecule has 0 spiro atoms. The van der Waals surface area contributed by atoms with Crippen molar-refractivity contribution in [2.75, 3.05) is 20.2 Å². The molecule has 0 fully saturated rings. The van der Waals surface area contributed by atoms with Gasteiger partial charge in [-0.3, -0.25) is 9.59 Å². The van der Waals surface area contributed by atoms with E-state index in [1.807, 2.05) is 24.3 Å². The fraction of sp³-hybridized carbons (Fsp3) is 0.263. The van der Waals surface area contributed by atoms with Crippen molar-refractivity contribution in [2.45, 2.75) is 12.6 Å². The second-order valence-corrected chi connectivity index (χ2v) is 5.71. The Morgan fingerprint density at radius 3 is 2.15 bits per heavy atom. The van der Waals surface area contributed by atoms with Gasteiger partial charge in [-0.15, -0.1) is 0 Å². The van der Waals surface area contributed by atoms with Crippen LogP contribution in [0.15, 0.2) is 48.5 Å². The maximum absolute atomic E-state index is 12.5. The van der Waals surface area contributed by atoms with Crippen molar-refractivity contribution in [3.05, 3.63) is 65.2 Å². The average Bonchev–Trinajstić information content (AvgIpc) is 2.66. The Hall–Kier alpha value is -3.03. The maximum atomic E-state index is 12.5. The quantitative estimate of drug-likeness (QED) is 0.776. The highest BCUT2D eigenvalue weighted by atomic mass is 19.4. The molecule has 144 valence electrons. The number of alkyl halides is 3. The van der Waals surface area contributed by atoms with Crippen LogP contribution in [0.3, 0.4) is 0 Å². The van der Waals surface area contributed by atoms with Crippen molar-refractivity contribution >= 4 is 11.8 Å². The normalized spacial score (nSPS) is 11.0. The lowest BCUT2D eigenvalue weighted by Crippen LogP contribution is -2.37. The highest BCUT2D eigenvalue weighted by molar-refractivity contribution is 5.96. The summed E-state index contributed by atoms with van der Waals surface area (Å²) >= 11 is 0. The summed E-state index contributed by atoms with van der Waals surface area (Å²) in [5.41, 5.74) is 0.231. The number of hydrogen-bond acceptors (Lipinski definition) is 3. The first kappa shape index (κ1) is 20.3. The lowest BCUT2D eigenvalue weighted by Gasteiger charge is -2.09. The number of halogens is 3. The number of benzene rings is 2. The third kappa shape index (κ3) is 6.32. The molecular formula is C19H19F3N2O3. The number of carbonyl (C=O) groups is 2. The predicted octanol–water partition coefficient (Wildman–Crippen LogP) is 2.80. The van der Waals surface area contributed by atoms with Crippen LogP contribution in [0.2, 0.25) is 0 Å². The van der Waals surface area contributed by atoms with Crippen LogP contribution in [0.5, 0.6) is 5.75 Å². The Morgan fingerprint density at radius 1 is 0.963 bits per heavy atom. The van der Waals surface area contributed by atoms with E-state index >= 15 is 0 Å². The van der Waals surface area contributed by atoms with Gasteiger partial charge in [-0.05, 0) is 48.4 Å². The highest BCUT2D eigenvalue weighted by Crippen LogP contribution is 2.29. The van der Waals surface area contributed by atoms with Crippen LogP contribution in [0.4, 0.5) is 13.2 Å². The van der Waals surface area contributed by atoms with Gasteiger partial charge in [-0.2, -0.15) is 13.2 Å². The summed E-state index contributed by atoms with van der Waals surface area (Å²) in [5.74, 6) is -0.258. The molecule has 2 rings (SSSR count). The summed E-state index contributed by atoms with van der Waals surface area (Å²) in [4.78, 5) is 23.6. The first-order valence-electron chi connectivity index (χ1n) is 8.14. The second kappa shape index (κ2) is 9.07. The van der Waals surface area contributed by atoms with Gasteiger partial charge in [0.15, 0.2) is 0 Å². The molecule has 2 amide bonds. The molecule has 5 nitrogen and oxygen atoms in total. The summed E-state index contributed by atoms with van der Waals surface area (Å²) in [7, 11) is 1.58. The third-order valence-corrected chi connectivity index (χ3v) is 3.78. The fourth-order valence-corrected chi connectivity index (χ4v) is 2.27. The molecule has 2 aromatic rings. The standard InChI is InChI=1S/C19H19F3N2O3/c1-27-16-8-2-13(3-9-16)10-11-23-17(25)12-24-18(26)14-4-6-15(7-5-14)19(20,21)22/h2-9H,10-12H2,1H3,(H,23,25)(H,24,26). The molecule has 2 aromatic carbocycles. The molecule has 0 atom stereocenters.